The number of amides is 2. The summed E-state index contributed by atoms with van der Waals surface area (Å²) in [6.45, 7) is 3.09. The summed E-state index contributed by atoms with van der Waals surface area (Å²) in [5.74, 6) is -1.51. The van der Waals surface area contributed by atoms with Crippen molar-refractivity contribution in [1.82, 2.24) is 15.1 Å². The Morgan fingerprint density at radius 3 is 2.37 bits per heavy atom. The van der Waals surface area contributed by atoms with Crippen LogP contribution in [0.3, 0.4) is 0 Å². The number of imide groups is 1. The molecule has 30 heavy (non-hydrogen) atoms. The van der Waals surface area contributed by atoms with Crippen molar-refractivity contribution in [2.75, 3.05) is 13.2 Å². The van der Waals surface area contributed by atoms with Crippen LogP contribution in [-0.2, 0) is 14.3 Å². The van der Waals surface area contributed by atoms with Gasteiger partial charge in [0, 0.05) is 11.8 Å². The van der Waals surface area contributed by atoms with Crippen molar-refractivity contribution in [1.29, 1.82) is 0 Å². The van der Waals surface area contributed by atoms with E-state index in [1.165, 1.54) is 0 Å². The molecule has 3 rings (SSSR count). The number of rotatable bonds is 6. The highest BCUT2D eigenvalue weighted by Crippen LogP contribution is 2.24. The van der Waals surface area contributed by atoms with Crippen LogP contribution in [-0.4, -0.2) is 41.0 Å². The molecule has 0 bridgehead atoms. The first-order valence-electron chi connectivity index (χ1n) is 9.33. The molecular formula is C22H21N3O5. The highest BCUT2D eigenvalue weighted by atomic mass is 16.6. The zero-order valence-corrected chi connectivity index (χ0v) is 16.6. The second-order valence-corrected chi connectivity index (χ2v) is 6.38. The number of nitrogens with zero attached hydrogens (tertiary/aromatic N) is 2. The van der Waals surface area contributed by atoms with Crippen LogP contribution in [0, 0.1) is 6.92 Å². The Bertz CT molecular complexity index is 1040. The summed E-state index contributed by atoms with van der Waals surface area (Å²) in [7, 11) is 0. The number of alkyl carbamates (subject to hydrolysis) is 1. The quantitative estimate of drug-likeness (QED) is 0.630. The number of hydrogen-bond donors (Lipinski definition) is 1. The lowest BCUT2D eigenvalue weighted by Gasteiger charge is -2.06. The van der Waals surface area contributed by atoms with E-state index in [4.69, 9.17) is 4.74 Å². The van der Waals surface area contributed by atoms with Gasteiger partial charge in [-0.3, -0.25) is 10.1 Å². The van der Waals surface area contributed by atoms with E-state index in [0.29, 0.717) is 5.69 Å². The number of aromatic nitrogens is 2. The van der Waals surface area contributed by atoms with Crippen LogP contribution in [0.5, 0.6) is 0 Å². The topological polar surface area (TPSA) is 99.5 Å². The molecule has 2 amide bonds. The van der Waals surface area contributed by atoms with Gasteiger partial charge >= 0.3 is 12.1 Å². The van der Waals surface area contributed by atoms with Gasteiger partial charge in [-0.25, -0.2) is 14.3 Å². The van der Waals surface area contributed by atoms with Crippen LogP contribution in [0.1, 0.15) is 22.8 Å². The van der Waals surface area contributed by atoms with Crippen molar-refractivity contribution in [2.45, 2.75) is 13.8 Å². The number of ether oxygens (including phenoxy) is 2. The first kappa shape index (κ1) is 20.8. The predicted molar refractivity (Wildman–Crippen MR) is 109 cm³/mol. The maximum atomic E-state index is 12.7. The van der Waals surface area contributed by atoms with Crippen molar-refractivity contribution >= 4 is 18.0 Å². The number of nitrogens with one attached hydrogen (secondary N) is 1. The molecule has 154 valence electrons. The molecule has 0 aliphatic heterocycles. The van der Waals surface area contributed by atoms with Gasteiger partial charge in [-0.1, -0.05) is 48.0 Å². The molecule has 8 heteroatoms. The first-order valence-corrected chi connectivity index (χ1v) is 9.33. The van der Waals surface area contributed by atoms with Gasteiger partial charge in [0.2, 0.25) is 0 Å². The summed E-state index contributed by atoms with van der Waals surface area (Å²) in [5.41, 5.74) is 3.22. The Labute approximate surface area is 173 Å². The molecule has 1 aromatic heterocycles. The fourth-order valence-electron chi connectivity index (χ4n) is 2.69. The summed E-state index contributed by atoms with van der Waals surface area (Å²) in [6, 6.07) is 16.8. The van der Waals surface area contributed by atoms with Gasteiger partial charge in [0.25, 0.3) is 5.91 Å². The van der Waals surface area contributed by atoms with Gasteiger partial charge in [0.05, 0.1) is 12.3 Å². The zero-order chi connectivity index (χ0) is 21.5. The number of benzene rings is 2. The van der Waals surface area contributed by atoms with E-state index in [0.717, 1.165) is 16.8 Å². The van der Waals surface area contributed by atoms with Gasteiger partial charge in [-0.05, 0) is 26.0 Å². The number of hydrogen-bond acceptors (Lipinski definition) is 6. The molecule has 0 saturated carbocycles. The Morgan fingerprint density at radius 1 is 1.00 bits per heavy atom. The number of esters is 1. The summed E-state index contributed by atoms with van der Waals surface area (Å²) in [4.78, 5) is 35.7. The molecule has 2 aromatic carbocycles. The third-order valence-corrected chi connectivity index (χ3v) is 4.13. The molecule has 1 N–H and O–H groups in total. The predicted octanol–water partition coefficient (Wildman–Crippen LogP) is 3.28. The summed E-state index contributed by atoms with van der Waals surface area (Å²) >= 11 is 0. The smallest absolute Gasteiger partial charge is 0.413 e. The maximum absolute atomic E-state index is 12.7. The van der Waals surface area contributed by atoms with Crippen LogP contribution in [0.2, 0.25) is 0 Å². The van der Waals surface area contributed by atoms with Crippen molar-refractivity contribution in [3.63, 3.8) is 0 Å². The minimum Gasteiger partial charge on any atom is -0.452 e. The lowest BCUT2D eigenvalue weighted by molar-refractivity contribution is -0.123. The van der Waals surface area contributed by atoms with E-state index in [-0.39, 0.29) is 12.2 Å². The molecule has 0 aliphatic rings. The lowest BCUT2D eigenvalue weighted by atomic mass is 10.1. The van der Waals surface area contributed by atoms with Gasteiger partial charge in [0.15, 0.2) is 6.61 Å². The highest BCUT2D eigenvalue weighted by Gasteiger charge is 2.21. The standard InChI is InChI=1S/C22H21N3O5/c1-3-29-22(28)23-19(26)14-30-21(27)18-13-25(17-11-9-15(2)10-12-17)24-20(18)16-7-5-4-6-8-16/h4-13H,3,14H2,1-2H3,(H,23,26,28). The van der Waals surface area contributed by atoms with E-state index < -0.39 is 24.6 Å². The van der Waals surface area contributed by atoms with Crippen molar-refractivity contribution in [3.8, 4) is 16.9 Å². The largest absolute Gasteiger partial charge is 0.452 e. The number of aryl methyl sites for hydroxylation is 1. The average molecular weight is 407 g/mol. The van der Waals surface area contributed by atoms with E-state index in [1.54, 1.807) is 17.8 Å². The lowest BCUT2D eigenvalue weighted by Crippen LogP contribution is -2.34. The van der Waals surface area contributed by atoms with Gasteiger partial charge in [-0.15, -0.1) is 0 Å². The zero-order valence-electron chi connectivity index (χ0n) is 16.6. The normalized spacial score (nSPS) is 10.3. The van der Waals surface area contributed by atoms with Gasteiger partial charge in [-0.2, -0.15) is 5.10 Å². The van der Waals surface area contributed by atoms with Crippen molar-refractivity contribution in [3.05, 3.63) is 71.9 Å². The number of carbonyl (C=O) groups is 3. The molecule has 0 aliphatic carbocycles. The van der Waals surface area contributed by atoms with Gasteiger partial charge < -0.3 is 9.47 Å². The molecule has 0 atom stereocenters. The highest BCUT2D eigenvalue weighted by molar-refractivity contribution is 5.98. The third kappa shape index (κ3) is 5.11. The van der Waals surface area contributed by atoms with Crippen molar-refractivity contribution < 1.29 is 23.9 Å². The summed E-state index contributed by atoms with van der Waals surface area (Å²) in [6.07, 6.45) is 0.661. The molecule has 0 radical (unpaired) electrons. The van der Waals surface area contributed by atoms with E-state index in [1.807, 2.05) is 66.8 Å². The third-order valence-electron chi connectivity index (χ3n) is 4.13. The molecule has 0 spiro atoms. The Balaban J connectivity index is 1.83. The van der Waals surface area contributed by atoms with Crippen LogP contribution < -0.4 is 5.32 Å². The maximum Gasteiger partial charge on any atom is 0.413 e. The van der Waals surface area contributed by atoms with Crippen LogP contribution in [0.4, 0.5) is 4.79 Å². The average Bonchev–Trinajstić information content (AvgIpc) is 3.19. The molecular weight excluding hydrogens is 386 g/mol. The molecule has 1 heterocycles. The van der Waals surface area contributed by atoms with Crippen LogP contribution >= 0.6 is 0 Å². The second-order valence-electron chi connectivity index (χ2n) is 6.38. The fraction of sp³-hybridized carbons (Fsp3) is 0.182. The molecule has 8 nitrogen and oxygen atoms in total. The van der Waals surface area contributed by atoms with E-state index in [2.05, 4.69) is 9.84 Å². The van der Waals surface area contributed by atoms with E-state index in [9.17, 15) is 14.4 Å². The Kier molecular flexibility index (Phi) is 6.59. The number of carbonyl (C=O) groups excluding carboxylic acids is 3. The summed E-state index contributed by atoms with van der Waals surface area (Å²) in [5, 5.41) is 6.51. The Hall–Kier alpha value is -3.94. The SMILES string of the molecule is CCOC(=O)NC(=O)COC(=O)c1cn(-c2ccc(C)cc2)nc1-c1ccccc1. The minimum atomic E-state index is -0.893. The second kappa shape index (κ2) is 9.51. The summed E-state index contributed by atoms with van der Waals surface area (Å²) < 4.78 is 11.3. The van der Waals surface area contributed by atoms with E-state index >= 15 is 0 Å². The Morgan fingerprint density at radius 2 is 1.70 bits per heavy atom. The molecule has 3 aromatic rings. The van der Waals surface area contributed by atoms with Gasteiger partial charge in [0.1, 0.15) is 11.3 Å². The monoisotopic (exact) mass is 407 g/mol. The molecule has 0 saturated heterocycles. The fourth-order valence-corrected chi connectivity index (χ4v) is 2.69. The molecule has 0 unspecified atom stereocenters. The van der Waals surface area contributed by atoms with Crippen LogP contribution in [0.15, 0.2) is 60.8 Å². The molecule has 0 fully saturated rings. The van der Waals surface area contributed by atoms with Crippen LogP contribution in [0.25, 0.3) is 16.9 Å². The van der Waals surface area contributed by atoms with Crippen molar-refractivity contribution in [2.24, 2.45) is 0 Å². The minimum absolute atomic E-state index is 0.123. The first-order chi connectivity index (χ1) is 14.5.